The highest BCUT2D eigenvalue weighted by atomic mass is 35.5. The molecule has 0 saturated carbocycles. The molecule has 0 saturated heterocycles. The average Bonchev–Trinajstić information content (AvgIpc) is 2.88. The second-order valence-corrected chi connectivity index (χ2v) is 5.45. The van der Waals surface area contributed by atoms with Crippen LogP contribution in [0, 0.1) is 0 Å². The number of aromatic nitrogens is 1. The van der Waals surface area contributed by atoms with Crippen molar-refractivity contribution in [1.29, 1.82) is 0 Å². The van der Waals surface area contributed by atoms with E-state index in [0.29, 0.717) is 15.6 Å². The van der Waals surface area contributed by atoms with Crippen molar-refractivity contribution in [3.05, 3.63) is 75.9 Å². The molecule has 3 rings (SSSR count). The van der Waals surface area contributed by atoms with Crippen molar-refractivity contribution in [1.82, 2.24) is 4.98 Å². The molecule has 1 heterocycles. The number of H-pyrrole nitrogens is 1. The summed E-state index contributed by atoms with van der Waals surface area (Å²) in [7, 11) is 0. The van der Waals surface area contributed by atoms with Gasteiger partial charge in [0.25, 0.3) is 0 Å². The number of benzene rings is 2. The number of aromatic amines is 1. The summed E-state index contributed by atoms with van der Waals surface area (Å²) in [5.74, 6) is -0.151. The molecular formula is C17H11Cl2NO. The number of hydrogen-bond donors (Lipinski definition) is 1. The van der Waals surface area contributed by atoms with Crippen molar-refractivity contribution in [2.75, 3.05) is 0 Å². The van der Waals surface area contributed by atoms with E-state index in [1.54, 1.807) is 24.3 Å². The summed E-state index contributed by atoms with van der Waals surface area (Å²) >= 11 is 11.9. The van der Waals surface area contributed by atoms with Crippen LogP contribution in [-0.4, -0.2) is 10.8 Å². The van der Waals surface area contributed by atoms with Crippen molar-refractivity contribution in [3.8, 4) is 0 Å². The zero-order chi connectivity index (χ0) is 14.8. The Kier molecular flexibility index (Phi) is 3.82. The van der Waals surface area contributed by atoms with Crippen LogP contribution in [0.1, 0.15) is 15.9 Å². The van der Waals surface area contributed by atoms with Crippen molar-refractivity contribution in [2.45, 2.75) is 0 Å². The molecule has 21 heavy (non-hydrogen) atoms. The van der Waals surface area contributed by atoms with Crippen molar-refractivity contribution >= 4 is 46.0 Å². The largest absolute Gasteiger partial charge is 0.361 e. The van der Waals surface area contributed by atoms with Crippen LogP contribution in [0.15, 0.2) is 54.7 Å². The van der Waals surface area contributed by atoms with Crippen LogP contribution < -0.4 is 0 Å². The van der Waals surface area contributed by atoms with Crippen molar-refractivity contribution < 1.29 is 4.79 Å². The Morgan fingerprint density at radius 1 is 1.10 bits per heavy atom. The van der Waals surface area contributed by atoms with Crippen molar-refractivity contribution in [2.24, 2.45) is 0 Å². The lowest BCUT2D eigenvalue weighted by molar-refractivity contribution is 0.104. The molecule has 2 aromatic carbocycles. The van der Waals surface area contributed by atoms with E-state index in [1.807, 2.05) is 30.5 Å². The van der Waals surface area contributed by atoms with Crippen LogP contribution in [-0.2, 0) is 0 Å². The molecule has 0 amide bonds. The normalized spacial score (nSPS) is 11.3. The Bertz CT molecular complexity index is 849. The number of carbonyl (C=O) groups is 1. The first kappa shape index (κ1) is 13.9. The fraction of sp³-hybridized carbons (Fsp3) is 0. The highest BCUT2D eigenvalue weighted by Gasteiger charge is 2.08. The van der Waals surface area contributed by atoms with E-state index in [0.717, 1.165) is 16.5 Å². The number of hydrogen-bond acceptors (Lipinski definition) is 1. The van der Waals surface area contributed by atoms with Gasteiger partial charge >= 0.3 is 0 Å². The molecule has 4 heteroatoms. The molecule has 1 N–H and O–H groups in total. The van der Waals surface area contributed by atoms with E-state index >= 15 is 0 Å². The predicted molar refractivity (Wildman–Crippen MR) is 88.1 cm³/mol. The van der Waals surface area contributed by atoms with Gasteiger partial charge in [-0.1, -0.05) is 41.4 Å². The highest BCUT2D eigenvalue weighted by Crippen LogP contribution is 2.23. The van der Waals surface area contributed by atoms with E-state index < -0.39 is 0 Å². The Balaban J connectivity index is 1.90. The second-order valence-electron chi connectivity index (χ2n) is 4.61. The molecule has 0 aliphatic carbocycles. The molecule has 0 atom stereocenters. The van der Waals surface area contributed by atoms with Gasteiger partial charge in [0, 0.05) is 27.7 Å². The lowest BCUT2D eigenvalue weighted by atomic mass is 10.1. The summed E-state index contributed by atoms with van der Waals surface area (Å²) in [4.78, 5) is 15.3. The maximum absolute atomic E-state index is 12.2. The molecule has 1 aromatic heterocycles. The first-order chi connectivity index (χ1) is 10.1. The third kappa shape index (κ3) is 2.87. The lowest BCUT2D eigenvalue weighted by Gasteiger charge is -2.00. The van der Waals surface area contributed by atoms with Gasteiger partial charge in [-0.05, 0) is 42.0 Å². The Morgan fingerprint density at radius 2 is 1.90 bits per heavy atom. The van der Waals surface area contributed by atoms with Gasteiger partial charge in [0.1, 0.15) is 0 Å². The fourth-order valence-corrected chi connectivity index (χ4v) is 2.68. The minimum atomic E-state index is -0.151. The van der Waals surface area contributed by atoms with E-state index in [1.165, 1.54) is 6.08 Å². The van der Waals surface area contributed by atoms with Gasteiger partial charge in [0.15, 0.2) is 5.78 Å². The summed E-state index contributed by atoms with van der Waals surface area (Å²) in [5.41, 5.74) is 2.44. The van der Waals surface area contributed by atoms with Crippen LogP contribution >= 0.6 is 23.2 Å². The molecule has 0 unspecified atom stereocenters. The molecule has 3 aromatic rings. The Labute approximate surface area is 132 Å². The fourth-order valence-electron chi connectivity index (χ4n) is 2.18. The van der Waals surface area contributed by atoms with Gasteiger partial charge < -0.3 is 4.98 Å². The Morgan fingerprint density at radius 3 is 2.71 bits per heavy atom. The number of fused-ring (bicyclic) bond motifs is 1. The molecule has 0 bridgehead atoms. The minimum absolute atomic E-state index is 0.151. The molecule has 0 radical (unpaired) electrons. The van der Waals surface area contributed by atoms with Gasteiger partial charge in [0.2, 0.25) is 0 Å². The number of rotatable bonds is 3. The molecular weight excluding hydrogens is 305 g/mol. The van der Waals surface area contributed by atoms with Gasteiger partial charge in [0.05, 0.1) is 5.02 Å². The highest BCUT2D eigenvalue weighted by molar-refractivity contribution is 6.37. The summed E-state index contributed by atoms with van der Waals surface area (Å²) < 4.78 is 0. The first-order valence-corrected chi connectivity index (χ1v) is 7.14. The van der Waals surface area contributed by atoms with Crippen LogP contribution in [0.3, 0.4) is 0 Å². The zero-order valence-electron chi connectivity index (χ0n) is 10.9. The molecule has 2 nitrogen and oxygen atoms in total. The molecule has 0 aliphatic rings. The minimum Gasteiger partial charge on any atom is -0.361 e. The topological polar surface area (TPSA) is 32.9 Å². The first-order valence-electron chi connectivity index (χ1n) is 6.39. The third-order valence-electron chi connectivity index (χ3n) is 3.23. The van der Waals surface area contributed by atoms with Crippen LogP contribution in [0.5, 0.6) is 0 Å². The summed E-state index contributed by atoms with van der Waals surface area (Å²) in [6.45, 7) is 0. The Hall–Kier alpha value is -2.03. The van der Waals surface area contributed by atoms with Gasteiger partial charge in [-0.3, -0.25) is 4.79 Å². The van der Waals surface area contributed by atoms with Gasteiger partial charge in [-0.25, -0.2) is 0 Å². The maximum Gasteiger partial charge on any atom is 0.187 e. The summed E-state index contributed by atoms with van der Waals surface area (Å²) in [6.07, 6.45) is 5.18. The number of ketones is 1. The van der Waals surface area contributed by atoms with Crippen LogP contribution in [0.25, 0.3) is 17.0 Å². The van der Waals surface area contributed by atoms with E-state index in [-0.39, 0.29) is 5.78 Å². The number of nitrogens with one attached hydrogen (secondary N) is 1. The molecule has 0 fully saturated rings. The maximum atomic E-state index is 12.2. The van der Waals surface area contributed by atoms with Crippen LogP contribution in [0.2, 0.25) is 10.0 Å². The lowest BCUT2D eigenvalue weighted by Crippen LogP contribution is -1.95. The van der Waals surface area contributed by atoms with E-state index in [9.17, 15) is 4.79 Å². The number of allylic oxidation sites excluding steroid dienone is 1. The van der Waals surface area contributed by atoms with Crippen molar-refractivity contribution in [3.63, 3.8) is 0 Å². The number of para-hydroxylation sites is 1. The van der Waals surface area contributed by atoms with E-state index in [4.69, 9.17) is 23.2 Å². The standard InChI is InChI=1S/C17H11Cl2NO/c18-12-6-7-14(15(19)9-12)17(21)8-5-11-10-20-16-4-2-1-3-13(11)16/h1-10,20H/b8-5+. The van der Waals surface area contributed by atoms with Crippen LogP contribution in [0.4, 0.5) is 0 Å². The van der Waals surface area contributed by atoms with Gasteiger partial charge in [-0.15, -0.1) is 0 Å². The monoisotopic (exact) mass is 315 g/mol. The predicted octanol–water partition coefficient (Wildman–Crippen LogP) is 5.37. The molecule has 0 aliphatic heterocycles. The summed E-state index contributed by atoms with van der Waals surface area (Å²) in [6, 6.07) is 12.8. The smallest absolute Gasteiger partial charge is 0.187 e. The SMILES string of the molecule is O=C(/C=C/c1c[nH]c2ccccc12)c1ccc(Cl)cc1Cl. The molecule has 104 valence electrons. The van der Waals surface area contributed by atoms with E-state index in [2.05, 4.69) is 4.98 Å². The number of halogens is 2. The quantitative estimate of drug-likeness (QED) is 0.511. The second kappa shape index (κ2) is 5.76. The average molecular weight is 316 g/mol. The summed E-state index contributed by atoms with van der Waals surface area (Å²) in [5, 5.41) is 1.94. The van der Waals surface area contributed by atoms with Gasteiger partial charge in [-0.2, -0.15) is 0 Å². The molecule has 0 spiro atoms. The third-order valence-corrected chi connectivity index (χ3v) is 3.78. The zero-order valence-corrected chi connectivity index (χ0v) is 12.4. The number of carbonyl (C=O) groups excluding carboxylic acids is 1.